The van der Waals surface area contributed by atoms with Gasteiger partial charge >= 0.3 is 0 Å². The Kier molecular flexibility index (Phi) is 3.90. The second kappa shape index (κ2) is 6.20. The van der Waals surface area contributed by atoms with Gasteiger partial charge in [0.15, 0.2) is 0 Å². The van der Waals surface area contributed by atoms with E-state index in [9.17, 15) is 4.79 Å². The minimum absolute atomic E-state index is 0.00925. The van der Waals surface area contributed by atoms with Gasteiger partial charge < -0.3 is 9.42 Å². The molecule has 2 atom stereocenters. The molecule has 0 unspecified atom stereocenters. The van der Waals surface area contributed by atoms with Gasteiger partial charge in [-0.2, -0.15) is 16.3 Å². The van der Waals surface area contributed by atoms with Gasteiger partial charge in [-0.15, -0.1) is 0 Å². The van der Waals surface area contributed by atoms with Crippen LogP contribution >= 0.6 is 11.3 Å². The number of nitrogens with zero attached hydrogens (tertiary/aromatic N) is 3. The Morgan fingerprint density at radius 3 is 2.83 bits per heavy atom. The molecule has 1 aliphatic heterocycles. The Labute approximate surface area is 143 Å². The molecule has 1 saturated heterocycles. The Balaban J connectivity index is 1.71. The summed E-state index contributed by atoms with van der Waals surface area (Å²) >= 11 is 1.60. The van der Waals surface area contributed by atoms with Gasteiger partial charge in [0.2, 0.25) is 17.6 Å². The van der Waals surface area contributed by atoms with E-state index in [0.29, 0.717) is 24.6 Å². The third-order valence-corrected chi connectivity index (χ3v) is 5.22. The van der Waals surface area contributed by atoms with Gasteiger partial charge in [0.1, 0.15) is 0 Å². The van der Waals surface area contributed by atoms with Crippen LogP contribution in [0.3, 0.4) is 0 Å². The van der Waals surface area contributed by atoms with Crippen molar-refractivity contribution in [1.82, 2.24) is 15.0 Å². The molecular formula is C18H17N3O2S. The number of hydrogen-bond donors (Lipinski definition) is 0. The Hall–Kier alpha value is -2.47. The minimum atomic E-state index is -0.0803. The van der Waals surface area contributed by atoms with Crippen LogP contribution in [0.1, 0.15) is 36.3 Å². The first-order chi connectivity index (χ1) is 11.7. The lowest BCUT2D eigenvalue weighted by atomic mass is 9.84. The zero-order valence-corrected chi connectivity index (χ0v) is 14.1. The summed E-state index contributed by atoms with van der Waals surface area (Å²) in [5.74, 6) is 1.37. The second-order valence-corrected chi connectivity index (χ2v) is 6.75. The van der Waals surface area contributed by atoms with E-state index < -0.39 is 0 Å². The lowest BCUT2D eigenvalue weighted by molar-refractivity contribution is -0.135. The second-order valence-electron chi connectivity index (χ2n) is 5.97. The van der Waals surface area contributed by atoms with Crippen LogP contribution in [-0.4, -0.2) is 28.0 Å². The van der Waals surface area contributed by atoms with Gasteiger partial charge in [0.25, 0.3) is 0 Å². The summed E-state index contributed by atoms with van der Waals surface area (Å²) in [5.41, 5.74) is 2.06. The van der Waals surface area contributed by atoms with Crippen LogP contribution in [0.15, 0.2) is 51.7 Å². The molecule has 3 aromatic rings. The van der Waals surface area contributed by atoms with E-state index in [2.05, 4.69) is 10.1 Å². The van der Waals surface area contributed by atoms with Gasteiger partial charge in [-0.1, -0.05) is 35.5 Å². The fraction of sp³-hybridized carbons (Fsp3) is 0.278. The number of carbonyl (C=O) groups excluding carboxylic acids is 1. The van der Waals surface area contributed by atoms with Crippen molar-refractivity contribution in [2.75, 3.05) is 7.05 Å². The molecule has 2 aromatic heterocycles. The van der Waals surface area contributed by atoms with Crippen molar-refractivity contribution in [1.29, 1.82) is 0 Å². The highest BCUT2D eigenvalue weighted by atomic mass is 32.1. The highest BCUT2D eigenvalue weighted by molar-refractivity contribution is 7.08. The number of piperidine rings is 1. The molecule has 0 spiro atoms. The number of amides is 1. The number of benzene rings is 1. The monoisotopic (exact) mass is 339 g/mol. The van der Waals surface area contributed by atoms with Crippen molar-refractivity contribution in [2.45, 2.75) is 24.8 Å². The van der Waals surface area contributed by atoms with Crippen LogP contribution in [0.2, 0.25) is 0 Å². The lowest BCUT2D eigenvalue weighted by Gasteiger charge is -2.37. The maximum Gasteiger partial charge on any atom is 0.232 e. The van der Waals surface area contributed by atoms with Gasteiger partial charge in [-0.25, -0.2) is 0 Å². The molecule has 1 aliphatic rings. The zero-order valence-electron chi connectivity index (χ0n) is 13.3. The van der Waals surface area contributed by atoms with Crippen LogP contribution in [-0.2, 0) is 4.79 Å². The van der Waals surface area contributed by atoms with Crippen LogP contribution < -0.4 is 0 Å². The molecule has 1 fully saturated rings. The minimum Gasteiger partial charge on any atom is -0.339 e. The highest BCUT2D eigenvalue weighted by Crippen LogP contribution is 2.42. The summed E-state index contributed by atoms with van der Waals surface area (Å²) in [5, 5.41) is 8.11. The summed E-state index contributed by atoms with van der Waals surface area (Å²) in [6.45, 7) is 0. The smallest absolute Gasteiger partial charge is 0.232 e. The normalized spacial score (nSPS) is 21.2. The molecule has 5 nitrogen and oxygen atoms in total. The summed E-state index contributed by atoms with van der Waals surface area (Å²) < 4.78 is 5.57. The Morgan fingerprint density at radius 1 is 1.25 bits per heavy atom. The van der Waals surface area contributed by atoms with E-state index in [1.165, 1.54) is 0 Å². The van der Waals surface area contributed by atoms with Crippen molar-refractivity contribution in [3.63, 3.8) is 0 Å². The Morgan fingerprint density at radius 2 is 2.08 bits per heavy atom. The van der Waals surface area contributed by atoms with Crippen LogP contribution in [0.25, 0.3) is 11.4 Å². The van der Waals surface area contributed by atoms with E-state index in [1.54, 1.807) is 16.2 Å². The molecule has 24 heavy (non-hydrogen) atoms. The van der Waals surface area contributed by atoms with E-state index >= 15 is 0 Å². The van der Waals surface area contributed by atoms with Crippen molar-refractivity contribution >= 4 is 17.2 Å². The third kappa shape index (κ3) is 2.63. The molecule has 0 saturated carbocycles. The molecule has 1 aromatic carbocycles. The fourth-order valence-electron chi connectivity index (χ4n) is 3.30. The fourth-order valence-corrected chi connectivity index (χ4v) is 3.93. The molecule has 122 valence electrons. The van der Waals surface area contributed by atoms with Crippen molar-refractivity contribution in [3.05, 3.63) is 58.6 Å². The van der Waals surface area contributed by atoms with Crippen molar-refractivity contribution < 1.29 is 9.32 Å². The van der Waals surface area contributed by atoms with Crippen molar-refractivity contribution in [3.8, 4) is 11.4 Å². The molecule has 0 N–H and O–H groups in total. The largest absolute Gasteiger partial charge is 0.339 e. The van der Waals surface area contributed by atoms with E-state index in [-0.39, 0.29) is 17.9 Å². The Bertz CT molecular complexity index is 829. The molecule has 0 radical (unpaired) electrons. The van der Waals surface area contributed by atoms with Gasteiger partial charge in [-0.05, 0) is 23.4 Å². The average molecular weight is 339 g/mol. The molecule has 0 bridgehead atoms. The third-order valence-electron chi connectivity index (χ3n) is 4.54. The van der Waals surface area contributed by atoms with Crippen LogP contribution in [0, 0.1) is 0 Å². The van der Waals surface area contributed by atoms with Crippen LogP contribution in [0.4, 0.5) is 0 Å². The van der Waals surface area contributed by atoms with E-state index in [1.807, 2.05) is 54.2 Å². The topological polar surface area (TPSA) is 59.2 Å². The lowest BCUT2D eigenvalue weighted by Crippen LogP contribution is -2.39. The van der Waals surface area contributed by atoms with E-state index in [0.717, 1.165) is 11.1 Å². The first-order valence-electron chi connectivity index (χ1n) is 7.91. The average Bonchev–Trinajstić information content (AvgIpc) is 3.29. The van der Waals surface area contributed by atoms with E-state index in [4.69, 9.17) is 4.52 Å². The summed E-state index contributed by atoms with van der Waals surface area (Å²) in [6.07, 6.45) is 1.22. The highest BCUT2D eigenvalue weighted by Gasteiger charge is 2.38. The molecule has 1 amide bonds. The summed E-state index contributed by atoms with van der Waals surface area (Å²) in [4.78, 5) is 18.6. The number of likely N-dealkylation sites (N-methyl/N-ethyl adjacent to an activating group) is 1. The number of likely N-dealkylation sites (tertiary alicyclic amines) is 1. The zero-order chi connectivity index (χ0) is 16.5. The number of carbonyl (C=O) groups is 1. The maximum atomic E-state index is 12.2. The predicted octanol–water partition coefficient (Wildman–Crippen LogP) is 3.88. The maximum absolute atomic E-state index is 12.2. The molecule has 0 aliphatic carbocycles. The van der Waals surface area contributed by atoms with Gasteiger partial charge in [0.05, 0.1) is 12.0 Å². The predicted molar refractivity (Wildman–Crippen MR) is 91.5 cm³/mol. The van der Waals surface area contributed by atoms with Gasteiger partial charge in [0, 0.05) is 24.4 Å². The molecule has 6 heteroatoms. The SMILES string of the molecule is CN1C(=O)CC[C@@H](c2nc(-c3ccsc3)no2)[C@@H]1c1ccccc1. The molecular weight excluding hydrogens is 322 g/mol. The van der Waals surface area contributed by atoms with Crippen molar-refractivity contribution in [2.24, 2.45) is 0 Å². The number of thiophene rings is 1. The first kappa shape index (κ1) is 15.1. The molecule has 3 heterocycles. The quantitative estimate of drug-likeness (QED) is 0.727. The van der Waals surface area contributed by atoms with Gasteiger partial charge in [-0.3, -0.25) is 4.79 Å². The molecule has 4 rings (SSSR count). The standard InChI is InChI=1S/C18H17N3O2S/c1-21-15(22)8-7-14(16(21)12-5-3-2-4-6-12)18-19-17(20-23-18)13-9-10-24-11-13/h2-6,9-11,14,16H,7-8H2,1H3/t14-,16+/m1/s1. The number of hydrogen-bond acceptors (Lipinski definition) is 5. The summed E-state index contributed by atoms with van der Waals surface area (Å²) in [7, 11) is 1.85. The summed E-state index contributed by atoms with van der Waals surface area (Å²) in [6, 6.07) is 11.9. The van der Waals surface area contributed by atoms with Crippen LogP contribution in [0.5, 0.6) is 0 Å². The first-order valence-corrected chi connectivity index (χ1v) is 8.85. The number of rotatable bonds is 3. The number of aromatic nitrogens is 2.